The molecular formula is C12H14FNO2. The van der Waals surface area contributed by atoms with Gasteiger partial charge in [-0.25, -0.2) is 4.39 Å². The molecule has 0 aliphatic carbocycles. The lowest BCUT2D eigenvalue weighted by atomic mass is 9.98. The van der Waals surface area contributed by atoms with Crippen LogP contribution in [0.4, 0.5) is 10.1 Å². The Morgan fingerprint density at radius 2 is 2.25 bits per heavy atom. The van der Waals surface area contributed by atoms with Crippen molar-refractivity contribution in [3.8, 4) is 5.75 Å². The van der Waals surface area contributed by atoms with Gasteiger partial charge in [0.05, 0.1) is 17.9 Å². The van der Waals surface area contributed by atoms with Gasteiger partial charge < -0.3 is 15.2 Å². The van der Waals surface area contributed by atoms with E-state index in [1.165, 1.54) is 18.2 Å². The Bertz CT molecular complexity index is 410. The van der Waals surface area contributed by atoms with Crippen LogP contribution in [0.3, 0.4) is 0 Å². The molecule has 86 valence electrons. The van der Waals surface area contributed by atoms with Gasteiger partial charge >= 0.3 is 0 Å². The van der Waals surface area contributed by atoms with E-state index < -0.39 is 0 Å². The second-order valence-corrected chi connectivity index (χ2v) is 4.45. The molecule has 2 saturated heterocycles. The van der Waals surface area contributed by atoms with Gasteiger partial charge in [0.2, 0.25) is 0 Å². The van der Waals surface area contributed by atoms with E-state index in [2.05, 4.69) is 0 Å². The first-order valence-electron chi connectivity index (χ1n) is 5.59. The third-order valence-corrected chi connectivity index (χ3v) is 3.30. The summed E-state index contributed by atoms with van der Waals surface area (Å²) >= 11 is 0. The van der Waals surface area contributed by atoms with E-state index in [1.807, 2.05) is 0 Å². The van der Waals surface area contributed by atoms with Crippen molar-refractivity contribution in [2.24, 2.45) is 0 Å². The van der Waals surface area contributed by atoms with Gasteiger partial charge in [-0.05, 0) is 25.0 Å². The van der Waals surface area contributed by atoms with Gasteiger partial charge in [-0.1, -0.05) is 0 Å². The highest BCUT2D eigenvalue weighted by Crippen LogP contribution is 2.37. The summed E-state index contributed by atoms with van der Waals surface area (Å²) in [5, 5.41) is 0. The van der Waals surface area contributed by atoms with E-state index in [4.69, 9.17) is 15.2 Å². The summed E-state index contributed by atoms with van der Waals surface area (Å²) < 4.78 is 24.4. The number of benzene rings is 1. The summed E-state index contributed by atoms with van der Waals surface area (Å²) in [6.07, 6.45) is 3.55. The van der Waals surface area contributed by atoms with Gasteiger partial charge in [0.15, 0.2) is 0 Å². The second kappa shape index (κ2) is 3.63. The van der Waals surface area contributed by atoms with E-state index in [1.54, 1.807) is 0 Å². The lowest BCUT2D eigenvalue weighted by Crippen LogP contribution is -2.28. The van der Waals surface area contributed by atoms with Crippen LogP contribution < -0.4 is 10.5 Å². The molecule has 3 unspecified atom stereocenters. The maximum absolute atomic E-state index is 13.0. The van der Waals surface area contributed by atoms with Gasteiger partial charge in [-0.3, -0.25) is 0 Å². The van der Waals surface area contributed by atoms with Gasteiger partial charge in [0.1, 0.15) is 17.7 Å². The summed E-state index contributed by atoms with van der Waals surface area (Å²) in [5.41, 5.74) is 6.21. The zero-order valence-corrected chi connectivity index (χ0v) is 8.86. The quantitative estimate of drug-likeness (QED) is 0.781. The number of rotatable bonds is 2. The van der Waals surface area contributed by atoms with Crippen molar-refractivity contribution in [2.45, 2.75) is 37.6 Å². The molecule has 2 heterocycles. The minimum absolute atomic E-state index is 0.0304. The number of ether oxygens (including phenoxy) is 2. The molecule has 2 aliphatic heterocycles. The standard InChI is InChI=1S/C12H14FNO2/c13-7-1-3-9(14)11(5-7)16-12-6-8-2-4-10(12)15-8/h1,3,5,8,10,12H,2,4,6,14H2. The van der Waals surface area contributed by atoms with Crippen LogP contribution in [0.2, 0.25) is 0 Å². The molecule has 0 saturated carbocycles. The molecule has 16 heavy (non-hydrogen) atoms. The molecular weight excluding hydrogens is 209 g/mol. The van der Waals surface area contributed by atoms with Crippen LogP contribution in [0.25, 0.3) is 0 Å². The smallest absolute Gasteiger partial charge is 0.145 e. The Morgan fingerprint density at radius 3 is 2.94 bits per heavy atom. The molecule has 0 amide bonds. The van der Waals surface area contributed by atoms with Crippen molar-refractivity contribution in [1.29, 1.82) is 0 Å². The third kappa shape index (κ3) is 1.63. The second-order valence-electron chi connectivity index (χ2n) is 4.45. The van der Waals surface area contributed by atoms with E-state index in [-0.39, 0.29) is 18.0 Å². The van der Waals surface area contributed by atoms with Crippen LogP contribution in [0.5, 0.6) is 5.75 Å². The maximum atomic E-state index is 13.0. The number of anilines is 1. The molecule has 0 radical (unpaired) electrons. The zero-order chi connectivity index (χ0) is 11.1. The highest BCUT2D eigenvalue weighted by Gasteiger charge is 2.42. The Balaban J connectivity index is 1.76. The van der Waals surface area contributed by atoms with Gasteiger partial charge in [0.25, 0.3) is 0 Å². The molecule has 3 atom stereocenters. The molecule has 3 nitrogen and oxygen atoms in total. The van der Waals surface area contributed by atoms with Gasteiger partial charge in [0, 0.05) is 12.5 Å². The molecule has 1 aromatic rings. The topological polar surface area (TPSA) is 44.5 Å². The summed E-state index contributed by atoms with van der Waals surface area (Å²) in [4.78, 5) is 0. The predicted molar refractivity (Wildman–Crippen MR) is 57.7 cm³/mol. The Hall–Kier alpha value is -1.29. The van der Waals surface area contributed by atoms with Crippen LogP contribution in [-0.4, -0.2) is 18.3 Å². The van der Waals surface area contributed by atoms with Crippen LogP contribution in [0.1, 0.15) is 19.3 Å². The number of fused-ring (bicyclic) bond motifs is 2. The largest absolute Gasteiger partial charge is 0.485 e. The number of hydrogen-bond acceptors (Lipinski definition) is 3. The fourth-order valence-corrected chi connectivity index (χ4v) is 2.49. The van der Waals surface area contributed by atoms with Gasteiger partial charge in [-0.15, -0.1) is 0 Å². The molecule has 2 bridgehead atoms. The number of halogens is 1. The number of nitrogens with two attached hydrogens (primary N) is 1. The average molecular weight is 223 g/mol. The molecule has 2 N–H and O–H groups in total. The molecule has 4 heteroatoms. The Labute approximate surface area is 93.3 Å². The van der Waals surface area contributed by atoms with Crippen LogP contribution >= 0.6 is 0 Å². The number of hydrogen-bond donors (Lipinski definition) is 1. The summed E-state index contributed by atoms with van der Waals surface area (Å²) in [5.74, 6) is 0.106. The van der Waals surface area contributed by atoms with E-state index in [0.29, 0.717) is 17.5 Å². The van der Waals surface area contributed by atoms with Crippen LogP contribution in [-0.2, 0) is 4.74 Å². The van der Waals surface area contributed by atoms with E-state index in [0.717, 1.165) is 19.3 Å². The van der Waals surface area contributed by atoms with Crippen LogP contribution in [0, 0.1) is 5.82 Å². The summed E-state index contributed by atoms with van der Waals surface area (Å²) in [7, 11) is 0. The van der Waals surface area contributed by atoms with Crippen molar-refractivity contribution in [2.75, 3.05) is 5.73 Å². The molecule has 0 aromatic heterocycles. The minimum atomic E-state index is -0.326. The molecule has 2 aliphatic rings. The number of nitrogen functional groups attached to an aromatic ring is 1. The summed E-state index contributed by atoms with van der Waals surface area (Å²) in [6, 6.07) is 4.19. The average Bonchev–Trinajstić information content (AvgIpc) is 2.85. The van der Waals surface area contributed by atoms with Crippen molar-refractivity contribution >= 4 is 5.69 Å². The highest BCUT2D eigenvalue weighted by atomic mass is 19.1. The maximum Gasteiger partial charge on any atom is 0.145 e. The Kier molecular flexibility index (Phi) is 2.24. The molecule has 1 aromatic carbocycles. The fraction of sp³-hybridized carbons (Fsp3) is 0.500. The van der Waals surface area contributed by atoms with E-state index >= 15 is 0 Å². The predicted octanol–water partition coefficient (Wildman–Crippen LogP) is 2.11. The third-order valence-electron chi connectivity index (χ3n) is 3.30. The van der Waals surface area contributed by atoms with Crippen molar-refractivity contribution < 1.29 is 13.9 Å². The fourth-order valence-electron chi connectivity index (χ4n) is 2.49. The normalized spacial score (nSPS) is 31.9. The highest BCUT2D eigenvalue weighted by molar-refractivity contribution is 5.52. The lowest BCUT2D eigenvalue weighted by molar-refractivity contribution is 0.0642. The lowest BCUT2D eigenvalue weighted by Gasteiger charge is -2.21. The first-order valence-corrected chi connectivity index (χ1v) is 5.59. The SMILES string of the molecule is Nc1ccc(F)cc1OC1CC2CCC1O2. The van der Waals surface area contributed by atoms with Crippen molar-refractivity contribution in [3.05, 3.63) is 24.0 Å². The van der Waals surface area contributed by atoms with Gasteiger partial charge in [-0.2, -0.15) is 0 Å². The van der Waals surface area contributed by atoms with Crippen LogP contribution in [0.15, 0.2) is 18.2 Å². The van der Waals surface area contributed by atoms with Crippen molar-refractivity contribution in [3.63, 3.8) is 0 Å². The zero-order valence-electron chi connectivity index (χ0n) is 8.86. The first kappa shape index (κ1) is 9.90. The van der Waals surface area contributed by atoms with E-state index in [9.17, 15) is 4.39 Å². The summed E-state index contributed by atoms with van der Waals surface area (Å²) in [6.45, 7) is 0. The molecule has 0 spiro atoms. The monoisotopic (exact) mass is 223 g/mol. The molecule has 2 fully saturated rings. The first-order chi connectivity index (χ1) is 7.72. The Morgan fingerprint density at radius 1 is 1.38 bits per heavy atom. The minimum Gasteiger partial charge on any atom is -0.485 e. The van der Waals surface area contributed by atoms with Crippen molar-refractivity contribution in [1.82, 2.24) is 0 Å². The molecule has 3 rings (SSSR count).